The fraction of sp³-hybridized carbons (Fsp3) is 0.429. The molecule has 1 N–H and O–H groups in total. The Balaban J connectivity index is 2.21. The van der Waals surface area contributed by atoms with Gasteiger partial charge in [-0.3, -0.25) is 10.1 Å². The molecule has 0 saturated heterocycles. The lowest BCUT2D eigenvalue weighted by atomic mass is 10.1. The number of nitro groups is 1. The second-order valence-electron chi connectivity index (χ2n) is 4.77. The van der Waals surface area contributed by atoms with E-state index in [1.807, 2.05) is 6.08 Å². The number of hydrogen-bond acceptors (Lipinski definition) is 3. The molecule has 1 fully saturated rings. The molecule has 2 rings (SSSR count). The van der Waals surface area contributed by atoms with Crippen LogP contribution in [0, 0.1) is 10.1 Å². The van der Waals surface area contributed by atoms with Gasteiger partial charge in [-0.25, -0.2) is 0 Å². The van der Waals surface area contributed by atoms with Crippen molar-refractivity contribution in [1.29, 1.82) is 0 Å². The van der Waals surface area contributed by atoms with Gasteiger partial charge in [-0.05, 0) is 37.5 Å². The zero-order valence-corrected chi connectivity index (χ0v) is 11.6. The zero-order valence-electron chi connectivity index (χ0n) is 10.9. The molecule has 0 radical (unpaired) electrons. The van der Waals surface area contributed by atoms with Crippen molar-refractivity contribution in [2.24, 2.45) is 0 Å². The van der Waals surface area contributed by atoms with Gasteiger partial charge in [0.25, 0.3) is 5.69 Å². The van der Waals surface area contributed by atoms with Crippen LogP contribution in [0.15, 0.2) is 23.8 Å². The van der Waals surface area contributed by atoms with Gasteiger partial charge < -0.3 is 5.32 Å². The van der Waals surface area contributed by atoms with Crippen molar-refractivity contribution in [3.63, 3.8) is 0 Å². The summed E-state index contributed by atoms with van der Waals surface area (Å²) in [5.74, 6) is 0. The summed E-state index contributed by atoms with van der Waals surface area (Å²) in [4.78, 5) is 10.6. The average Bonchev–Trinajstić information content (AvgIpc) is 3.18. The van der Waals surface area contributed by atoms with E-state index in [-0.39, 0.29) is 10.6 Å². The highest BCUT2D eigenvalue weighted by atomic mass is 35.5. The standard InChI is InChI=1S/C14H17ClN2O2/c1-2-10(9-16-13-4-5-13)7-11-8-12(15)3-6-14(11)17(18)19/h3,6-8,13,16H,2,4-5,9H2,1H3/b10-7-. The molecule has 102 valence electrons. The molecule has 0 atom stereocenters. The van der Waals surface area contributed by atoms with Crippen molar-refractivity contribution in [2.75, 3.05) is 6.54 Å². The number of benzene rings is 1. The zero-order chi connectivity index (χ0) is 13.8. The maximum Gasteiger partial charge on any atom is 0.276 e. The predicted octanol–water partition coefficient (Wildman–Crippen LogP) is 3.79. The molecule has 1 aliphatic carbocycles. The average molecular weight is 281 g/mol. The van der Waals surface area contributed by atoms with E-state index in [0.29, 0.717) is 16.6 Å². The molecular weight excluding hydrogens is 264 g/mol. The fourth-order valence-corrected chi connectivity index (χ4v) is 2.05. The Hall–Kier alpha value is -1.39. The molecule has 1 aliphatic rings. The smallest absolute Gasteiger partial charge is 0.276 e. The highest BCUT2D eigenvalue weighted by molar-refractivity contribution is 6.30. The molecule has 0 unspecified atom stereocenters. The van der Waals surface area contributed by atoms with Gasteiger partial charge in [0.15, 0.2) is 0 Å². The van der Waals surface area contributed by atoms with Crippen molar-refractivity contribution in [3.8, 4) is 0 Å². The fourth-order valence-electron chi connectivity index (χ4n) is 1.87. The normalized spacial score (nSPS) is 15.6. The van der Waals surface area contributed by atoms with Crippen LogP contribution in [0.1, 0.15) is 31.7 Å². The first-order valence-corrected chi connectivity index (χ1v) is 6.84. The third-order valence-corrected chi connectivity index (χ3v) is 3.43. The van der Waals surface area contributed by atoms with Gasteiger partial charge in [0.2, 0.25) is 0 Å². The highest BCUT2D eigenvalue weighted by Crippen LogP contribution is 2.26. The topological polar surface area (TPSA) is 55.2 Å². The maximum absolute atomic E-state index is 11.0. The van der Waals surface area contributed by atoms with Gasteiger partial charge in [0.1, 0.15) is 0 Å². The molecule has 1 aromatic rings. The lowest BCUT2D eigenvalue weighted by molar-refractivity contribution is -0.385. The Bertz CT molecular complexity index is 510. The van der Waals surface area contributed by atoms with Crippen LogP contribution in [0.3, 0.4) is 0 Å². The number of halogens is 1. The van der Waals surface area contributed by atoms with Crippen LogP contribution in [0.5, 0.6) is 0 Å². The van der Waals surface area contributed by atoms with Crippen molar-refractivity contribution in [3.05, 3.63) is 44.5 Å². The van der Waals surface area contributed by atoms with E-state index < -0.39 is 0 Å². The minimum atomic E-state index is -0.371. The second-order valence-corrected chi connectivity index (χ2v) is 5.21. The molecule has 4 nitrogen and oxygen atoms in total. The van der Waals surface area contributed by atoms with Crippen LogP contribution in [-0.4, -0.2) is 17.5 Å². The molecule has 0 aromatic heterocycles. The van der Waals surface area contributed by atoms with Crippen molar-refractivity contribution in [2.45, 2.75) is 32.2 Å². The molecule has 1 saturated carbocycles. The summed E-state index contributed by atoms with van der Waals surface area (Å²) in [7, 11) is 0. The summed E-state index contributed by atoms with van der Waals surface area (Å²) >= 11 is 5.92. The van der Waals surface area contributed by atoms with E-state index in [1.165, 1.54) is 18.9 Å². The largest absolute Gasteiger partial charge is 0.310 e. The predicted molar refractivity (Wildman–Crippen MR) is 77.4 cm³/mol. The number of nitrogens with zero attached hydrogens (tertiary/aromatic N) is 1. The Morgan fingerprint density at radius 3 is 2.89 bits per heavy atom. The van der Waals surface area contributed by atoms with E-state index in [1.54, 1.807) is 12.1 Å². The third-order valence-electron chi connectivity index (χ3n) is 3.20. The Labute approximate surface area is 117 Å². The monoisotopic (exact) mass is 280 g/mol. The number of rotatable bonds is 6. The molecule has 0 spiro atoms. The van der Waals surface area contributed by atoms with Crippen LogP contribution in [0.4, 0.5) is 5.69 Å². The highest BCUT2D eigenvalue weighted by Gasteiger charge is 2.20. The van der Waals surface area contributed by atoms with Crippen LogP contribution in [-0.2, 0) is 0 Å². The van der Waals surface area contributed by atoms with Gasteiger partial charge in [-0.2, -0.15) is 0 Å². The van der Waals surface area contributed by atoms with Crippen LogP contribution < -0.4 is 5.32 Å². The van der Waals surface area contributed by atoms with Gasteiger partial charge in [0.05, 0.1) is 10.5 Å². The molecule has 0 amide bonds. The summed E-state index contributed by atoms with van der Waals surface area (Å²) < 4.78 is 0. The minimum Gasteiger partial charge on any atom is -0.310 e. The lowest BCUT2D eigenvalue weighted by Crippen LogP contribution is -2.18. The van der Waals surface area contributed by atoms with Crippen molar-refractivity contribution < 1.29 is 4.92 Å². The minimum absolute atomic E-state index is 0.0989. The molecule has 0 bridgehead atoms. The quantitative estimate of drug-likeness (QED) is 0.637. The SMILES string of the molecule is CC/C(=C/c1cc(Cl)ccc1[N+](=O)[O-])CNC1CC1. The summed E-state index contributed by atoms with van der Waals surface area (Å²) in [6, 6.07) is 5.28. The van der Waals surface area contributed by atoms with Gasteiger partial charge in [0, 0.05) is 23.7 Å². The van der Waals surface area contributed by atoms with E-state index in [2.05, 4.69) is 12.2 Å². The number of nitro benzene ring substituents is 1. The van der Waals surface area contributed by atoms with Crippen molar-refractivity contribution >= 4 is 23.4 Å². The Morgan fingerprint density at radius 1 is 1.58 bits per heavy atom. The number of hydrogen-bond donors (Lipinski definition) is 1. The first-order chi connectivity index (χ1) is 9.10. The lowest BCUT2D eigenvalue weighted by Gasteiger charge is -2.07. The summed E-state index contributed by atoms with van der Waals surface area (Å²) in [6.45, 7) is 2.83. The Morgan fingerprint density at radius 2 is 2.32 bits per heavy atom. The van der Waals surface area contributed by atoms with E-state index >= 15 is 0 Å². The van der Waals surface area contributed by atoms with E-state index in [4.69, 9.17) is 11.6 Å². The van der Waals surface area contributed by atoms with Crippen molar-refractivity contribution in [1.82, 2.24) is 5.32 Å². The van der Waals surface area contributed by atoms with Crippen LogP contribution in [0.2, 0.25) is 5.02 Å². The summed E-state index contributed by atoms with van der Waals surface area (Å²) in [6.07, 6.45) is 5.20. The van der Waals surface area contributed by atoms with Gasteiger partial charge in [-0.15, -0.1) is 0 Å². The van der Waals surface area contributed by atoms with Crippen LogP contribution >= 0.6 is 11.6 Å². The Kier molecular flexibility index (Phi) is 4.56. The van der Waals surface area contributed by atoms with E-state index in [0.717, 1.165) is 18.5 Å². The van der Waals surface area contributed by atoms with E-state index in [9.17, 15) is 10.1 Å². The summed E-state index contributed by atoms with van der Waals surface area (Å²) in [5.41, 5.74) is 1.82. The van der Waals surface area contributed by atoms with Gasteiger partial charge >= 0.3 is 0 Å². The van der Waals surface area contributed by atoms with Crippen LogP contribution in [0.25, 0.3) is 6.08 Å². The molecule has 0 aliphatic heterocycles. The first-order valence-electron chi connectivity index (χ1n) is 6.47. The molecule has 19 heavy (non-hydrogen) atoms. The maximum atomic E-state index is 11.0. The second kappa shape index (κ2) is 6.17. The number of nitrogens with one attached hydrogen (secondary N) is 1. The molecule has 0 heterocycles. The molecular formula is C14H17ClN2O2. The first kappa shape index (κ1) is 14.0. The molecule has 1 aromatic carbocycles. The van der Waals surface area contributed by atoms with Gasteiger partial charge in [-0.1, -0.05) is 24.1 Å². The molecule has 5 heteroatoms. The third kappa shape index (κ3) is 4.04. The summed E-state index contributed by atoms with van der Waals surface area (Å²) in [5, 5.41) is 14.9.